The Hall–Kier alpha value is -1.73. The predicted octanol–water partition coefficient (Wildman–Crippen LogP) is 0.104. The Morgan fingerprint density at radius 2 is 2.21 bits per heavy atom. The minimum absolute atomic E-state index is 0.654. The molecule has 19 heavy (non-hydrogen) atoms. The van der Waals surface area contributed by atoms with E-state index in [1.807, 2.05) is 23.3 Å². The van der Waals surface area contributed by atoms with Gasteiger partial charge in [0.1, 0.15) is 6.33 Å². The standard InChI is InChI=1S/C12H20N6O/c1-10-6-11(17(2)15-10)8-18-9-14-12(16-18)7-13-4-5-19-3/h6,9,13H,4-5,7-8H2,1-3H3. The summed E-state index contributed by atoms with van der Waals surface area (Å²) in [5, 5.41) is 11.9. The molecule has 0 atom stereocenters. The number of hydrogen-bond donors (Lipinski definition) is 1. The molecule has 0 spiro atoms. The molecule has 0 radical (unpaired) electrons. The largest absolute Gasteiger partial charge is 0.383 e. The number of hydrogen-bond acceptors (Lipinski definition) is 5. The Balaban J connectivity index is 1.88. The SMILES string of the molecule is COCCNCc1ncn(Cc2cc(C)nn2C)n1. The first-order valence-corrected chi connectivity index (χ1v) is 6.26. The van der Waals surface area contributed by atoms with E-state index in [-0.39, 0.29) is 0 Å². The monoisotopic (exact) mass is 264 g/mol. The third-order valence-electron chi connectivity index (χ3n) is 2.77. The molecule has 0 aromatic carbocycles. The summed E-state index contributed by atoms with van der Waals surface area (Å²) in [7, 11) is 3.62. The van der Waals surface area contributed by atoms with E-state index in [1.165, 1.54) is 0 Å². The van der Waals surface area contributed by atoms with Gasteiger partial charge in [0.2, 0.25) is 0 Å². The molecule has 0 aliphatic rings. The Kier molecular flexibility index (Phi) is 4.64. The van der Waals surface area contributed by atoms with Crippen LogP contribution < -0.4 is 5.32 Å². The van der Waals surface area contributed by atoms with Gasteiger partial charge in [0.05, 0.1) is 31.1 Å². The molecular weight excluding hydrogens is 244 g/mol. The van der Waals surface area contributed by atoms with Crippen molar-refractivity contribution < 1.29 is 4.74 Å². The van der Waals surface area contributed by atoms with E-state index in [4.69, 9.17) is 4.74 Å². The van der Waals surface area contributed by atoms with Crippen LogP contribution in [0.4, 0.5) is 0 Å². The Morgan fingerprint density at radius 1 is 1.37 bits per heavy atom. The lowest BCUT2D eigenvalue weighted by Gasteiger charge is -2.01. The zero-order chi connectivity index (χ0) is 13.7. The Morgan fingerprint density at radius 3 is 2.89 bits per heavy atom. The van der Waals surface area contributed by atoms with E-state index >= 15 is 0 Å². The minimum Gasteiger partial charge on any atom is -0.383 e. The van der Waals surface area contributed by atoms with E-state index in [0.717, 1.165) is 23.8 Å². The van der Waals surface area contributed by atoms with Crippen molar-refractivity contribution in [1.29, 1.82) is 0 Å². The first kappa shape index (κ1) is 13.7. The van der Waals surface area contributed by atoms with Gasteiger partial charge in [-0.2, -0.15) is 10.2 Å². The lowest BCUT2D eigenvalue weighted by molar-refractivity contribution is 0.199. The second-order valence-corrected chi connectivity index (χ2v) is 4.43. The van der Waals surface area contributed by atoms with Gasteiger partial charge < -0.3 is 10.1 Å². The maximum absolute atomic E-state index is 4.96. The van der Waals surface area contributed by atoms with Gasteiger partial charge in [0.25, 0.3) is 0 Å². The van der Waals surface area contributed by atoms with Crippen molar-refractivity contribution in [3.8, 4) is 0 Å². The first-order chi connectivity index (χ1) is 9.19. The van der Waals surface area contributed by atoms with Crippen LogP contribution in [0.25, 0.3) is 0 Å². The molecule has 0 amide bonds. The number of methoxy groups -OCH3 is 1. The average molecular weight is 264 g/mol. The molecule has 0 bridgehead atoms. The topological polar surface area (TPSA) is 69.8 Å². The number of nitrogens with zero attached hydrogens (tertiary/aromatic N) is 5. The molecule has 7 heteroatoms. The normalized spacial score (nSPS) is 11.1. The van der Waals surface area contributed by atoms with Crippen molar-refractivity contribution in [3.63, 3.8) is 0 Å². The molecule has 2 heterocycles. The summed E-state index contributed by atoms with van der Waals surface area (Å²) in [6.45, 7) is 4.81. The van der Waals surface area contributed by atoms with E-state index < -0.39 is 0 Å². The van der Waals surface area contributed by atoms with Crippen LogP contribution in [0.15, 0.2) is 12.4 Å². The van der Waals surface area contributed by atoms with Gasteiger partial charge in [0.15, 0.2) is 5.82 Å². The highest BCUT2D eigenvalue weighted by Crippen LogP contribution is 2.03. The maximum Gasteiger partial charge on any atom is 0.164 e. The lowest BCUT2D eigenvalue weighted by atomic mass is 10.4. The number of ether oxygens (including phenoxy) is 1. The van der Waals surface area contributed by atoms with E-state index in [2.05, 4.69) is 26.6 Å². The van der Waals surface area contributed by atoms with Gasteiger partial charge in [-0.05, 0) is 13.0 Å². The van der Waals surface area contributed by atoms with Crippen LogP contribution in [0.3, 0.4) is 0 Å². The molecule has 0 aliphatic heterocycles. The van der Waals surface area contributed by atoms with E-state index in [9.17, 15) is 0 Å². The minimum atomic E-state index is 0.654. The molecule has 7 nitrogen and oxygen atoms in total. The fourth-order valence-corrected chi connectivity index (χ4v) is 1.84. The number of aromatic nitrogens is 5. The average Bonchev–Trinajstić information content (AvgIpc) is 2.93. The summed E-state index contributed by atoms with van der Waals surface area (Å²) in [5.41, 5.74) is 2.13. The summed E-state index contributed by atoms with van der Waals surface area (Å²) >= 11 is 0. The van der Waals surface area contributed by atoms with Gasteiger partial charge >= 0.3 is 0 Å². The fourth-order valence-electron chi connectivity index (χ4n) is 1.84. The van der Waals surface area contributed by atoms with Crippen molar-refractivity contribution in [1.82, 2.24) is 29.9 Å². The van der Waals surface area contributed by atoms with Crippen LogP contribution in [0, 0.1) is 6.92 Å². The molecule has 1 N–H and O–H groups in total. The smallest absolute Gasteiger partial charge is 0.164 e. The zero-order valence-corrected chi connectivity index (χ0v) is 11.6. The van der Waals surface area contributed by atoms with E-state index in [1.54, 1.807) is 13.4 Å². The molecule has 0 saturated heterocycles. The second-order valence-electron chi connectivity index (χ2n) is 4.43. The molecule has 0 aliphatic carbocycles. The van der Waals surface area contributed by atoms with Gasteiger partial charge in [-0.1, -0.05) is 0 Å². The summed E-state index contributed by atoms with van der Waals surface area (Å²) in [4.78, 5) is 4.27. The second kappa shape index (κ2) is 6.44. The summed E-state index contributed by atoms with van der Waals surface area (Å²) < 4.78 is 8.65. The van der Waals surface area contributed by atoms with E-state index in [0.29, 0.717) is 19.7 Å². The summed E-state index contributed by atoms with van der Waals surface area (Å²) in [6.07, 6.45) is 1.75. The third kappa shape index (κ3) is 3.87. The molecule has 2 rings (SSSR count). The van der Waals surface area contributed by atoms with Crippen LogP contribution >= 0.6 is 0 Å². The van der Waals surface area contributed by atoms with Crippen molar-refractivity contribution >= 4 is 0 Å². The number of aryl methyl sites for hydroxylation is 2. The third-order valence-corrected chi connectivity index (χ3v) is 2.77. The van der Waals surface area contributed by atoms with Gasteiger partial charge in [-0.15, -0.1) is 0 Å². The number of rotatable bonds is 7. The highest BCUT2D eigenvalue weighted by molar-refractivity contribution is 5.08. The van der Waals surface area contributed by atoms with Crippen molar-refractivity contribution in [3.05, 3.63) is 29.6 Å². The van der Waals surface area contributed by atoms with Gasteiger partial charge in [-0.3, -0.25) is 4.68 Å². The predicted molar refractivity (Wildman–Crippen MR) is 70.7 cm³/mol. The fraction of sp³-hybridized carbons (Fsp3) is 0.583. The van der Waals surface area contributed by atoms with Crippen LogP contribution in [0.2, 0.25) is 0 Å². The van der Waals surface area contributed by atoms with Crippen molar-refractivity contribution in [2.75, 3.05) is 20.3 Å². The molecular formula is C12H20N6O. The highest BCUT2D eigenvalue weighted by Gasteiger charge is 2.05. The molecule has 2 aromatic rings. The first-order valence-electron chi connectivity index (χ1n) is 6.26. The van der Waals surface area contributed by atoms with Crippen molar-refractivity contribution in [2.24, 2.45) is 7.05 Å². The maximum atomic E-state index is 4.96. The highest BCUT2D eigenvalue weighted by atomic mass is 16.5. The van der Waals surface area contributed by atoms with Crippen LogP contribution in [0.5, 0.6) is 0 Å². The Bertz CT molecular complexity index is 518. The van der Waals surface area contributed by atoms with Gasteiger partial charge in [-0.25, -0.2) is 9.67 Å². The zero-order valence-electron chi connectivity index (χ0n) is 11.6. The van der Waals surface area contributed by atoms with Crippen LogP contribution in [-0.4, -0.2) is 44.8 Å². The molecule has 2 aromatic heterocycles. The quantitative estimate of drug-likeness (QED) is 0.719. The molecule has 0 fully saturated rings. The Labute approximate surface area is 112 Å². The number of nitrogens with one attached hydrogen (secondary N) is 1. The lowest BCUT2D eigenvalue weighted by Crippen LogP contribution is -2.19. The van der Waals surface area contributed by atoms with Crippen LogP contribution in [0.1, 0.15) is 17.2 Å². The molecule has 0 saturated carbocycles. The van der Waals surface area contributed by atoms with Gasteiger partial charge in [0, 0.05) is 20.7 Å². The summed E-state index contributed by atoms with van der Waals surface area (Å²) in [6, 6.07) is 2.05. The molecule has 104 valence electrons. The summed E-state index contributed by atoms with van der Waals surface area (Å²) in [5.74, 6) is 0.787. The van der Waals surface area contributed by atoms with Crippen molar-refractivity contribution in [2.45, 2.75) is 20.0 Å². The van der Waals surface area contributed by atoms with Crippen LogP contribution in [-0.2, 0) is 24.9 Å². The molecule has 0 unspecified atom stereocenters.